The van der Waals surface area contributed by atoms with Crippen LogP contribution >= 0.6 is 0 Å². The molecule has 0 spiro atoms. The van der Waals surface area contributed by atoms with Gasteiger partial charge in [0, 0.05) is 43.3 Å². The highest BCUT2D eigenvalue weighted by Gasteiger charge is 2.23. The van der Waals surface area contributed by atoms with E-state index in [1.165, 1.54) is 6.07 Å². The summed E-state index contributed by atoms with van der Waals surface area (Å²) in [6.07, 6.45) is 6.33. The average Bonchev–Trinajstić information content (AvgIpc) is 2.57. The summed E-state index contributed by atoms with van der Waals surface area (Å²) < 4.78 is 13.7. The standard InChI is InChI=1S/C16H17FN4O/c17-14-2-1-7-19-15(14)21-10-5-13(6-11-21)20-16(22)12-3-8-18-9-4-12/h1-4,7-9,13H,5-6,10-11H2,(H,20,22). The zero-order valence-electron chi connectivity index (χ0n) is 12.1. The summed E-state index contributed by atoms with van der Waals surface area (Å²) in [6, 6.07) is 6.48. The molecule has 114 valence electrons. The fourth-order valence-electron chi connectivity index (χ4n) is 2.62. The number of aromatic nitrogens is 2. The monoisotopic (exact) mass is 300 g/mol. The molecule has 22 heavy (non-hydrogen) atoms. The number of hydrogen-bond acceptors (Lipinski definition) is 4. The fourth-order valence-corrected chi connectivity index (χ4v) is 2.62. The number of pyridine rings is 2. The lowest BCUT2D eigenvalue weighted by atomic mass is 10.0. The smallest absolute Gasteiger partial charge is 0.251 e. The second-order valence-corrected chi connectivity index (χ2v) is 5.28. The summed E-state index contributed by atoms with van der Waals surface area (Å²) in [5.41, 5.74) is 0.605. The number of carbonyl (C=O) groups is 1. The first kappa shape index (κ1) is 14.4. The Bertz CT molecular complexity index is 642. The van der Waals surface area contributed by atoms with Gasteiger partial charge < -0.3 is 10.2 Å². The van der Waals surface area contributed by atoms with Crippen LogP contribution in [0.15, 0.2) is 42.9 Å². The maximum atomic E-state index is 13.7. The third kappa shape index (κ3) is 3.21. The molecule has 0 aromatic carbocycles. The van der Waals surface area contributed by atoms with Gasteiger partial charge >= 0.3 is 0 Å². The third-order valence-electron chi connectivity index (χ3n) is 3.81. The molecule has 0 saturated carbocycles. The summed E-state index contributed by atoms with van der Waals surface area (Å²) in [6.45, 7) is 1.35. The minimum atomic E-state index is -0.304. The molecule has 1 fully saturated rings. The molecule has 2 aromatic heterocycles. The van der Waals surface area contributed by atoms with Crippen LogP contribution in [-0.2, 0) is 0 Å². The molecular weight excluding hydrogens is 283 g/mol. The number of amides is 1. The highest BCUT2D eigenvalue weighted by Crippen LogP contribution is 2.20. The predicted octanol–water partition coefficient (Wildman–Crippen LogP) is 2.01. The molecule has 0 radical (unpaired) electrons. The van der Waals surface area contributed by atoms with Gasteiger partial charge in [0.2, 0.25) is 0 Å². The van der Waals surface area contributed by atoms with E-state index in [1.807, 2.05) is 4.90 Å². The lowest BCUT2D eigenvalue weighted by Crippen LogP contribution is -2.45. The molecule has 3 heterocycles. The molecule has 3 rings (SSSR count). The fraction of sp³-hybridized carbons (Fsp3) is 0.312. The molecular formula is C16H17FN4O. The molecule has 0 bridgehead atoms. The van der Waals surface area contributed by atoms with E-state index >= 15 is 0 Å². The van der Waals surface area contributed by atoms with Crippen molar-refractivity contribution in [3.8, 4) is 0 Å². The zero-order valence-corrected chi connectivity index (χ0v) is 12.1. The number of carbonyl (C=O) groups excluding carboxylic acids is 1. The zero-order chi connectivity index (χ0) is 15.4. The molecule has 1 aliphatic rings. The van der Waals surface area contributed by atoms with Gasteiger partial charge in [0.1, 0.15) is 0 Å². The van der Waals surface area contributed by atoms with Gasteiger partial charge in [-0.25, -0.2) is 9.37 Å². The van der Waals surface area contributed by atoms with Gasteiger partial charge in [-0.05, 0) is 37.1 Å². The van der Waals surface area contributed by atoms with Crippen molar-refractivity contribution in [3.63, 3.8) is 0 Å². The van der Waals surface area contributed by atoms with Crippen molar-refractivity contribution >= 4 is 11.7 Å². The molecule has 1 saturated heterocycles. The highest BCUT2D eigenvalue weighted by molar-refractivity contribution is 5.94. The topological polar surface area (TPSA) is 58.1 Å². The van der Waals surface area contributed by atoms with Gasteiger partial charge in [-0.3, -0.25) is 9.78 Å². The highest BCUT2D eigenvalue weighted by atomic mass is 19.1. The van der Waals surface area contributed by atoms with Crippen molar-refractivity contribution < 1.29 is 9.18 Å². The second-order valence-electron chi connectivity index (χ2n) is 5.28. The van der Waals surface area contributed by atoms with Gasteiger partial charge in [0.05, 0.1) is 0 Å². The van der Waals surface area contributed by atoms with E-state index in [2.05, 4.69) is 15.3 Å². The third-order valence-corrected chi connectivity index (χ3v) is 3.81. The van der Waals surface area contributed by atoms with Crippen molar-refractivity contribution in [1.82, 2.24) is 15.3 Å². The normalized spacial score (nSPS) is 15.6. The van der Waals surface area contributed by atoms with E-state index in [9.17, 15) is 9.18 Å². The molecule has 1 N–H and O–H groups in total. The van der Waals surface area contributed by atoms with Crippen LogP contribution < -0.4 is 10.2 Å². The molecule has 6 heteroatoms. The van der Waals surface area contributed by atoms with Crippen molar-refractivity contribution in [2.45, 2.75) is 18.9 Å². The van der Waals surface area contributed by atoms with E-state index in [0.29, 0.717) is 24.5 Å². The first-order valence-electron chi connectivity index (χ1n) is 7.30. The van der Waals surface area contributed by atoms with Crippen LogP contribution in [0.3, 0.4) is 0 Å². The number of nitrogens with zero attached hydrogens (tertiary/aromatic N) is 3. The van der Waals surface area contributed by atoms with Crippen LogP contribution in [0.5, 0.6) is 0 Å². The Morgan fingerprint density at radius 1 is 1.18 bits per heavy atom. The first-order valence-corrected chi connectivity index (χ1v) is 7.30. The second kappa shape index (κ2) is 6.51. The summed E-state index contributed by atoms with van der Waals surface area (Å²) in [4.78, 5) is 22.0. The van der Waals surface area contributed by atoms with Gasteiger partial charge in [-0.2, -0.15) is 0 Å². The van der Waals surface area contributed by atoms with Gasteiger partial charge in [-0.15, -0.1) is 0 Å². The molecule has 1 amide bonds. The molecule has 2 aromatic rings. The van der Waals surface area contributed by atoms with Gasteiger partial charge in [-0.1, -0.05) is 0 Å². The van der Waals surface area contributed by atoms with Crippen LogP contribution in [-0.4, -0.2) is 35.0 Å². The number of anilines is 1. The maximum Gasteiger partial charge on any atom is 0.251 e. The van der Waals surface area contributed by atoms with E-state index in [-0.39, 0.29) is 17.8 Å². The molecule has 5 nitrogen and oxygen atoms in total. The van der Waals surface area contributed by atoms with Crippen LogP contribution in [0.1, 0.15) is 23.2 Å². The number of rotatable bonds is 3. The summed E-state index contributed by atoms with van der Waals surface area (Å²) in [5.74, 6) is -0.00644. The minimum Gasteiger partial charge on any atom is -0.354 e. The van der Waals surface area contributed by atoms with Gasteiger partial charge in [0.15, 0.2) is 11.6 Å². The molecule has 0 unspecified atom stereocenters. The lowest BCUT2D eigenvalue weighted by Gasteiger charge is -2.33. The quantitative estimate of drug-likeness (QED) is 0.942. The van der Waals surface area contributed by atoms with Crippen LogP contribution in [0, 0.1) is 5.82 Å². The van der Waals surface area contributed by atoms with Crippen LogP contribution in [0.25, 0.3) is 0 Å². The molecule has 0 atom stereocenters. The lowest BCUT2D eigenvalue weighted by molar-refractivity contribution is 0.0931. The van der Waals surface area contributed by atoms with E-state index in [4.69, 9.17) is 0 Å². The van der Waals surface area contributed by atoms with Crippen molar-refractivity contribution in [2.75, 3.05) is 18.0 Å². The maximum absolute atomic E-state index is 13.7. The Kier molecular flexibility index (Phi) is 4.27. The van der Waals surface area contributed by atoms with E-state index < -0.39 is 0 Å². The Morgan fingerprint density at radius 3 is 2.59 bits per heavy atom. The number of piperidine rings is 1. The van der Waals surface area contributed by atoms with Crippen molar-refractivity contribution in [3.05, 3.63) is 54.2 Å². The minimum absolute atomic E-state index is 0.0927. The summed E-state index contributed by atoms with van der Waals surface area (Å²) in [5, 5.41) is 3.01. The summed E-state index contributed by atoms with van der Waals surface area (Å²) >= 11 is 0. The van der Waals surface area contributed by atoms with Crippen molar-refractivity contribution in [2.24, 2.45) is 0 Å². The predicted molar refractivity (Wildman–Crippen MR) is 81.1 cm³/mol. The number of hydrogen-bond donors (Lipinski definition) is 1. The Morgan fingerprint density at radius 2 is 1.91 bits per heavy atom. The van der Waals surface area contributed by atoms with E-state index in [1.54, 1.807) is 36.8 Å². The average molecular weight is 300 g/mol. The van der Waals surface area contributed by atoms with Crippen LogP contribution in [0.4, 0.5) is 10.2 Å². The Hall–Kier alpha value is -2.50. The molecule has 0 aliphatic carbocycles. The Balaban J connectivity index is 1.56. The van der Waals surface area contributed by atoms with Crippen molar-refractivity contribution in [1.29, 1.82) is 0 Å². The largest absolute Gasteiger partial charge is 0.354 e. The Labute approximate surface area is 128 Å². The number of halogens is 1. The molecule has 1 aliphatic heterocycles. The van der Waals surface area contributed by atoms with Crippen LogP contribution in [0.2, 0.25) is 0 Å². The first-order chi connectivity index (χ1) is 10.7. The van der Waals surface area contributed by atoms with Gasteiger partial charge in [0.25, 0.3) is 5.91 Å². The summed E-state index contributed by atoms with van der Waals surface area (Å²) in [7, 11) is 0. The SMILES string of the molecule is O=C(NC1CCN(c2ncccc2F)CC1)c1ccncc1. The van der Waals surface area contributed by atoms with E-state index in [0.717, 1.165) is 12.8 Å². The number of nitrogens with one attached hydrogen (secondary N) is 1.